The van der Waals surface area contributed by atoms with Crippen LogP contribution in [0.4, 0.5) is 0 Å². The number of likely N-dealkylation sites (tertiary alicyclic amines) is 1. The lowest BCUT2D eigenvalue weighted by Gasteiger charge is -2.15. The fourth-order valence-corrected chi connectivity index (χ4v) is 3.79. The summed E-state index contributed by atoms with van der Waals surface area (Å²) < 4.78 is 6.00. The van der Waals surface area contributed by atoms with Crippen LogP contribution in [0.1, 0.15) is 28.9 Å². The summed E-state index contributed by atoms with van der Waals surface area (Å²) in [6, 6.07) is 7.17. The fourth-order valence-electron chi connectivity index (χ4n) is 3.53. The number of carbonyl (C=O) groups is 1. The Hall–Kier alpha value is -3.10. The summed E-state index contributed by atoms with van der Waals surface area (Å²) in [5, 5.41) is 3.67. The maximum Gasteiger partial charge on any atom is 0.274 e. The van der Waals surface area contributed by atoms with Gasteiger partial charge in [0.25, 0.3) is 5.91 Å². The van der Waals surface area contributed by atoms with Crippen molar-refractivity contribution in [3.63, 3.8) is 0 Å². The fraction of sp³-hybridized carbons (Fsp3) is 0.286. The largest absolute Gasteiger partial charge is 0.456 e. The van der Waals surface area contributed by atoms with Crippen molar-refractivity contribution in [2.75, 3.05) is 20.1 Å². The maximum absolute atomic E-state index is 12.3. The van der Waals surface area contributed by atoms with Gasteiger partial charge in [-0.2, -0.15) is 0 Å². The van der Waals surface area contributed by atoms with Gasteiger partial charge in [0.05, 0.1) is 16.7 Å². The average Bonchev–Trinajstić information content (AvgIpc) is 3.38. The number of aliphatic imine (C=N–C) groups is 1. The van der Waals surface area contributed by atoms with Crippen molar-refractivity contribution < 1.29 is 9.53 Å². The van der Waals surface area contributed by atoms with E-state index in [0.29, 0.717) is 33.1 Å². The number of amides is 1. The second-order valence-electron chi connectivity index (χ2n) is 7.23. The van der Waals surface area contributed by atoms with Crippen LogP contribution in [0.3, 0.4) is 0 Å². The van der Waals surface area contributed by atoms with E-state index in [9.17, 15) is 4.79 Å². The van der Waals surface area contributed by atoms with E-state index in [1.165, 1.54) is 19.9 Å². The van der Waals surface area contributed by atoms with Crippen molar-refractivity contribution in [2.24, 2.45) is 10.7 Å². The van der Waals surface area contributed by atoms with Gasteiger partial charge in [0.1, 0.15) is 17.2 Å². The number of carbonyl (C=O) groups excluding carboxylic acids is 1. The van der Waals surface area contributed by atoms with Crippen molar-refractivity contribution in [1.82, 2.24) is 20.2 Å². The third kappa shape index (κ3) is 4.55. The van der Waals surface area contributed by atoms with E-state index in [1.807, 2.05) is 12.3 Å². The Bertz CT molecular complexity index is 1100. The average molecular weight is 427 g/mol. The summed E-state index contributed by atoms with van der Waals surface area (Å²) >= 11 is 6.42. The Morgan fingerprint density at radius 2 is 2.07 bits per heavy atom. The van der Waals surface area contributed by atoms with Gasteiger partial charge in [-0.25, -0.2) is 0 Å². The van der Waals surface area contributed by atoms with Gasteiger partial charge in [-0.15, -0.1) is 0 Å². The van der Waals surface area contributed by atoms with Crippen LogP contribution in [-0.2, 0) is 6.54 Å². The molecule has 0 aliphatic carbocycles. The number of nitrogens with two attached hydrogens (primary N) is 1. The van der Waals surface area contributed by atoms with E-state index in [-0.39, 0.29) is 5.96 Å². The SMILES string of the molecule is CN=C(N)NC(=O)c1cc2c(Cl)cc(Oc3cncc(CN4CCCC4)c3)cc2[nH]1. The van der Waals surface area contributed by atoms with Crippen LogP contribution in [-0.4, -0.2) is 46.9 Å². The molecule has 1 saturated heterocycles. The van der Waals surface area contributed by atoms with Gasteiger partial charge in [-0.1, -0.05) is 11.6 Å². The third-order valence-corrected chi connectivity index (χ3v) is 5.31. The lowest BCUT2D eigenvalue weighted by atomic mass is 10.2. The molecule has 0 saturated carbocycles. The highest BCUT2D eigenvalue weighted by molar-refractivity contribution is 6.35. The molecule has 156 valence electrons. The Morgan fingerprint density at radius 3 is 2.83 bits per heavy atom. The number of ether oxygens (including phenoxy) is 1. The molecular formula is C21H23ClN6O2. The van der Waals surface area contributed by atoms with Crippen LogP contribution in [0.25, 0.3) is 10.9 Å². The van der Waals surface area contributed by atoms with Crippen LogP contribution in [0.5, 0.6) is 11.5 Å². The lowest BCUT2D eigenvalue weighted by molar-refractivity contribution is 0.0972. The van der Waals surface area contributed by atoms with Gasteiger partial charge in [0.2, 0.25) is 0 Å². The van der Waals surface area contributed by atoms with Crippen LogP contribution < -0.4 is 15.8 Å². The highest BCUT2D eigenvalue weighted by Gasteiger charge is 2.15. The molecule has 1 amide bonds. The summed E-state index contributed by atoms with van der Waals surface area (Å²) in [7, 11) is 1.50. The molecule has 0 unspecified atom stereocenters. The zero-order chi connectivity index (χ0) is 21.1. The number of fused-ring (bicyclic) bond motifs is 1. The number of rotatable bonds is 5. The first kappa shape index (κ1) is 20.2. The molecule has 1 aliphatic rings. The molecule has 0 bridgehead atoms. The van der Waals surface area contributed by atoms with Crippen LogP contribution in [0.2, 0.25) is 5.02 Å². The Balaban J connectivity index is 1.54. The second-order valence-corrected chi connectivity index (χ2v) is 7.63. The van der Waals surface area contributed by atoms with Crippen LogP contribution in [0.15, 0.2) is 41.7 Å². The van der Waals surface area contributed by atoms with Crippen molar-refractivity contribution in [2.45, 2.75) is 19.4 Å². The molecule has 0 atom stereocenters. The van der Waals surface area contributed by atoms with Gasteiger partial charge in [0.15, 0.2) is 5.96 Å². The number of nitrogens with one attached hydrogen (secondary N) is 2. The summed E-state index contributed by atoms with van der Waals surface area (Å²) in [5.74, 6) is 0.830. The summed E-state index contributed by atoms with van der Waals surface area (Å²) in [6.45, 7) is 3.11. The molecule has 3 heterocycles. The smallest absolute Gasteiger partial charge is 0.274 e. The molecule has 30 heavy (non-hydrogen) atoms. The van der Waals surface area contributed by atoms with Crippen LogP contribution in [0, 0.1) is 0 Å². The predicted octanol–water partition coefficient (Wildman–Crippen LogP) is 3.28. The number of aromatic nitrogens is 2. The molecule has 3 aromatic rings. The first-order chi connectivity index (χ1) is 14.5. The second kappa shape index (κ2) is 8.73. The summed E-state index contributed by atoms with van der Waals surface area (Å²) in [5.41, 5.74) is 7.67. The first-order valence-corrected chi connectivity index (χ1v) is 10.1. The minimum atomic E-state index is -0.397. The molecule has 4 rings (SSSR count). The molecule has 2 aromatic heterocycles. The number of guanidine groups is 1. The zero-order valence-electron chi connectivity index (χ0n) is 16.6. The topological polar surface area (TPSA) is 109 Å². The van der Waals surface area contributed by atoms with Gasteiger partial charge in [-0.3, -0.25) is 25.0 Å². The van der Waals surface area contributed by atoms with Gasteiger partial charge in [0, 0.05) is 37.3 Å². The third-order valence-electron chi connectivity index (χ3n) is 5.00. The number of halogens is 1. The number of aromatic amines is 1. The molecule has 8 nitrogen and oxygen atoms in total. The number of hydrogen-bond acceptors (Lipinski definition) is 5. The van der Waals surface area contributed by atoms with E-state index in [4.69, 9.17) is 22.1 Å². The van der Waals surface area contributed by atoms with Gasteiger partial charge >= 0.3 is 0 Å². The predicted molar refractivity (Wildman–Crippen MR) is 117 cm³/mol. The van der Waals surface area contributed by atoms with Crippen LogP contribution >= 0.6 is 11.6 Å². The molecule has 9 heteroatoms. The number of hydrogen-bond donors (Lipinski definition) is 3. The highest BCUT2D eigenvalue weighted by atomic mass is 35.5. The maximum atomic E-state index is 12.3. The monoisotopic (exact) mass is 426 g/mol. The Morgan fingerprint density at radius 1 is 1.27 bits per heavy atom. The minimum Gasteiger partial charge on any atom is -0.456 e. The van der Waals surface area contributed by atoms with E-state index in [2.05, 4.69) is 25.2 Å². The molecule has 1 fully saturated rings. The molecular weight excluding hydrogens is 404 g/mol. The van der Waals surface area contributed by atoms with E-state index < -0.39 is 5.91 Å². The summed E-state index contributed by atoms with van der Waals surface area (Å²) in [4.78, 5) is 25.7. The van der Waals surface area contributed by atoms with E-state index in [1.54, 1.807) is 24.4 Å². The normalized spacial score (nSPS) is 14.9. The number of benzene rings is 1. The Kier molecular flexibility index (Phi) is 5.87. The summed E-state index contributed by atoms with van der Waals surface area (Å²) in [6.07, 6.45) is 6.03. The molecule has 0 radical (unpaired) electrons. The standard InChI is InChI=1S/C21H23ClN6O2/c1-24-21(23)27-20(29)19-9-16-17(22)7-14(8-18(16)26-19)30-15-6-13(10-25-11-15)12-28-4-2-3-5-28/h6-11,26H,2-5,12H2,1H3,(H3,23,24,27,29). The number of nitrogens with zero attached hydrogens (tertiary/aromatic N) is 3. The molecule has 4 N–H and O–H groups in total. The molecule has 1 aliphatic heterocycles. The van der Waals surface area contributed by atoms with Crippen molar-refractivity contribution in [1.29, 1.82) is 0 Å². The Labute approximate surface area is 179 Å². The number of H-pyrrole nitrogens is 1. The zero-order valence-corrected chi connectivity index (χ0v) is 17.4. The van der Waals surface area contributed by atoms with Crippen molar-refractivity contribution >= 4 is 34.4 Å². The van der Waals surface area contributed by atoms with Crippen molar-refractivity contribution in [3.8, 4) is 11.5 Å². The van der Waals surface area contributed by atoms with Crippen molar-refractivity contribution in [3.05, 3.63) is 52.9 Å². The van der Waals surface area contributed by atoms with E-state index >= 15 is 0 Å². The molecule has 1 aromatic carbocycles. The number of pyridine rings is 1. The van der Waals surface area contributed by atoms with Gasteiger partial charge in [-0.05, 0) is 43.6 Å². The quantitative estimate of drug-likeness (QED) is 0.428. The van der Waals surface area contributed by atoms with Gasteiger partial charge < -0.3 is 15.5 Å². The lowest BCUT2D eigenvalue weighted by Crippen LogP contribution is -2.36. The minimum absolute atomic E-state index is 0.0371. The molecule has 0 spiro atoms. The van der Waals surface area contributed by atoms with E-state index in [0.717, 1.165) is 25.2 Å². The first-order valence-electron chi connectivity index (χ1n) is 9.72. The highest BCUT2D eigenvalue weighted by Crippen LogP contribution is 2.32.